The van der Waals surface area contributed by atoms with Crippen LogP contribution in [0.1, 0.15) is 26.3 Å². The molecule has 1 aromatic carbocycles. The normalized spacial score (nSPS) is 20.7. The van der Waals surface area contributed by atoms with E-state index in [0.29, 0.717) is 24.6 Å². The van der Waals surface area contributed by atoms with Crippen LogP contribution in [0, 0.1) is 0 Å². The van der Waals surface area contributed by atoms with E-state index in [4.69, 9.17) is 26.6 Å². The molecule has 0 bridgehead atoms. The van der Waals surface area contributed by atoms with Crippen molar-refractivity contribution >= 4 is 17.7 Å². The van der Waals surface area contributed by atoms with E-state index in [0.717, 1.165) is 5.56 Å². The van der Waals surface area contributed by atoms with Crippen molar-refractivity contribution in [1.82, 2.24) is 4.90 Å². The lowest BCUT2D eigenvalue weighted by Gasteiger charge is -2.40. The summed E-state index contributed by atoms with van der Waals surface area (Å²) in [5.41, 5.74) is 8.95. The number of nitrogens with zero attached hydrogens (tertiary/aromatic N) is 4. The molecular weight excluding hydrogens is 344 g/mol. The zero-order valence-electron chi connectivity index (χ0n) is 14.7. The lowest BCUT2D eigenvalue weighted by atomic mass is 10.0. The summed E-state index contributed by atoms with van der Waals surface area (Å²) in [7, 11) is 0. The summed E-state index contributed by atoms with van der Waals surface area (Å²) >= 11 is 5.92. The quantitative estimate of drug-likeness (QED) is 0.454. The van der Waals surface area contributed by atoms with E-state index in [1.807, 2.05) is 45.0 Å². The van der Waals surface area contributed by atoms with Gasteiger partial charge >= 0.3 is 6.09 Å². The van der Waals surface area contributed by atoms with E-state index < -0.39 is 5.60 Å². The monoisotopic (exact) mass is 366 g/mol. The highest BCUT2D eigenvalue weighted by Crippen LogP contribution is 2.21. The van der Waals surface area contributed by atoms with Crippen molar-refractivity contribution < 1.29 is 14.3 Å². The molecule has 8 heteroatoms. The Morgan fingerprint density at radius 3 is 2.72 bits per heavy atom. The number of ether oxygens (including phenoxy) is 2. The molecule has 0 radical (unpaired) electrons. The fourth-order valence-electron chi connectivity index (χ4n) is 2.60. The van der Waals surface area contributed by atoms with E-state index in [-0.39, 0.29) is 24.8 Å². The van der Waals surface area contributed by atoms with Gasteiger partial charge in [-0.05, 0) is 50.4 Å². The van der Waals surface area contributed by atoms with Crippen molar-refractivity contribution in [3.8, 4) is 0 Å². The van der Waals surface area contributed by atoms with Gasteiger partial charge in [0.05, 0.1) is 31.8 Å². The molecule has 0 aliphatic carbocycles. The molecule has 0 N–H and O–H groups in total. The van der Waals surface area contributed by atoms with E-state index in [9.17, 15) is 4.79 Å². The van der Waals surface area contributed by atoms with Gasteiger partial charge in [0, 0.05) is 9.93 Å². The summed E-state index contributed by atoms with van der Waals surface area (Å²) in [5.74, 6) is 0. The second kappa shape index (κ2) is 8.43. The van der Waals surface area contributed by atoms with Crippen molar-refractivity contribution in [3.05, 3.63) is 45.3 Å². The number of carbonyl (C=O) groups is 1. The fraction of sp³-hybridized carbons (Fsp3) is 0.588. The van der Waals surface area contributed by atoms with E-state index in [1.54, 1.807) is 4.90 Å². The Balaban J connectivity index is 2.12. The number of hydrogen-bond donors (Lipinski definition) is 0. The van der Waals surface area contributed by atoms with Gasteiger partial charge in [0.25, 0.3) is 0 Å². The molecule has 1 aliphatic rings. The first-order chi connectivity index (χ1) is 11.8. The SMILES string of the molecule is CC(C)(C)OC(=O)N1C[C@H](CN=[N+]=[N-])OC[C@@H]1Cc1ccc(Cl)cc1. The van der Waals surface area contributed by atoms with Crippen molar-refractivity contribution in [3.63, 3.8) is 0 Å². The van der Waals surface area contributed by atoms with Crippen molar-refractivity contribution in [2.75, 3.05) is 19.7 Å². The maximum Gasteiger partial charge on any atom is 0.410 e. The second-order valence-electron chi connectivity index (χ2n) is 6.99. The zero-order chi connectivity index (χ0) is 18.4. The molecule has 25 heavy (non-hydrogen) atoms. The summed E-state index contributed by atoms with van der Waals surface area (Å²) in [5, 5.41) is 4.21. The van der Waals surface area contributed by atoms with Gasteiger partial charge in [-0.15, -0.1) is 0 Å². The van der Waals surface area contributed by atoms with Crippen LogP contribution in [0.5, 0.6) is 0 Å². The molecule has 0 spiro atoms. The molecule has 2 rings (SSSR count). The Labute approximate surface area is 152 Å². The Bertz CT molecular complexity index is 638. The Morgan fingerprint density at radius 1 is 1.44 bits per heavy atom. The maximum absolute atomic E-state index is 12.6. The van der Waals surface area contributed by atoms with Crippen molar-refractivity contribution in [1.29, 1.82) is 0 Å². The third-order valence-electron chi connectivity index (χ3n) is 3.73. The average molecular weight is 367 g/mol. The number of morpholine rings is 1. The van der Waals surface area contributed by atoms with Crippen LogP contribution in [0.25, 0.3) is 10.4 Å². The van der Waals surface area contributed by atoms with Crippen molar-refractivity contribution in [2.24, 2.45) is 5.11 Å². The van der Waals surface area contributed by atoms with Crippen LogP contribution in [-0.2, 0) is 15.9 Å². The zero-order valence-corrected chi connectivity index (χ0v) is 15.4. The lowest BCUT2D eigenvalue weighted by Crippen LogP contribution is -2.55. The van der Waals surface area contributed by atoms with E-state index in [1.165, 1.54) is 0 Å². The first-order valence-electron chi connectivity index (χ1n) is 8.15. The third-order valence-corrected chi connectivity index (χ3v) is 3.98. The van der Waals surface area contributed by atoms with Crippen LogP contribution >= 0.6 is 11.6 Å². The summed E-state index contributed by atoms with van der Waals surface area (Å²) < 4.78 is 11.3. The highest BCUT2D eigenvalue weighted by atomic mass is 35.5. The largest absolute Gasteiger partial charge is 0.444 e. The summed E-state index contributed by atoms with van der Waals surface area (Å²) in [4.78, 5) is 17.0. The Morgan fingerprint density at radius 2 is 2.12 bits per heavy atom. The molecular formula is C17H23ClN4O3. The smallest absolute Gasteiger partial charge is 0.410 e. The number of carbonyl (C=O) groups excluding carboxylic acids is 1. The van der Waals surface area contributed by atoms with Gasteiger partial charge in [-0.2, -0.15) is 0 Å². The maximum atomic E-state index is 12.6. The molecule has 0 aromatic heterocycles. The minimum absolute atomic E-state index is 0.154. The van der Waals surface area contributed by atoms with Gasteiger partial charge in [-0.3, -0.25) is 4.90 Å². The minimum atomic E-state index is -0.583. The van der Waals surface area contributed by atoms with Gasteiger partial charge in [0.1, 0.15) is 5.60 Å². The van der Waals surface area contributed by atoms with Crippen LogP contribution in [0.4, 0.5) is 4.79 Å². The molecule has 7 nitrogen and oxygen atoms in total. The number of azide groups is 1. The molecule has 1 aliphatic heterocycles. The summed E-state index contributed by atoms with van der Waals surface area (Å²) in [6.45, 7) is 6.36. The first-order valence-corrected chi connectivity index (χ1v) is 8.53. The number of halogens is 1. The third kappa shape index (κ3) is 6.12. The van der Waals surface area contributed by atoms with Gasteiger partial charge in [0.2, 0.25) is 0 Å². The fourth-order valence-corrected chi connectivity index (χ4v) is 2.73. The number of benzene rings is 1. The standard InChI is InChI=1S/C17H23ClN4O3/c1-17(2,3)25-16(23)22-10-15(9-20-21-19)24-11-14(22)8-12-4-6-13(18)7-5-12/h4-7,14-15H,8-11H2,1-3H3/t14-,15-/m0/s1. The highest BCUT2D eigenvalue weighted by Gasteiger charge is 2.34. The summed E-state index contributed by atoms with van der Waals surface area (Å²) in [6.07, 6.45) is -0.0874. The molecule has 0 saturated carbocycles. The van der Waals surface area contributed by atoms with Gasteiger partial charge in [-0.1, -0.05) is 28.8 Å². The number of hydrogen-bond acceptors (Lipinski definition) is 4. The summed E-state index contributed by atoms with van der Waals surface area (Å²) in [6, 6.07) is 7.35. The Kier molecular flexibility index (Phi) is 6.53. The predicted molar refractivity (Wildman–Crippen MR) is 95.6 cm³/mol. The van der Waals surface area contributed by atoms with Gasteiger partial charge < -0.3 is 9.47 Å². The number of amides is 1. The molecule has 1 fully saturated rings. The molecule has 0 unspecified atom stereocenters. The minimum Gasteiger partial charge on any atom is -0.444 e. The lowest BCUT2D eigenvalue weighted by molar-refractivity contribution is -0.0658. The second-order valence-corrected chi connectivity index (χ2v) is 7.42. The van der Waals surface area contributed by atoms with E-state index >= 15 is 0 Å². The molecule has 1 amide bonds. The van der Waals surface area contributed by atoms with Crippen molar-refractivity contribution in [2.45, 2.75) is 44.9 Å². The molecule has 136 valence electrons. The van der Waals surface area contributed by atoms with E-state index in [2.05, 4.69) is 10.0 Å². The number of rotatable bonds is 4. The molecule has 1 heterocycles. The Hall–Kier alpha value is -1.95. The average Bonchev–Trinajstić information content (AvgIpc) is 2.54. The van der Waals surface area contributed by atoms with Gasteiger partial charge in [0.15, 0.2) is 0 Å². The predicted octanol–water partition coefficient (Wildman–Crippen LogP) is 4.20. The molecule has 2 atom stereocenters. The van der Waals surface area contributed by atoms with Crippen LogP contribution < -0.4 is 0 Å². The van der Waals surface area contributed by atoms with Crippen LogP contribution in [-0.4, -0.2) is 48.4 Å². The van der Waals surface area contributed by atoms with Crippen LogP contribution in [0.2, 0.25) is 5.02 Å². The molecule has 1 aromatic rings. The topological polar surface area (TPSA) is 87.5 Å². The molecule has 1 saturated heterocycles. The van der Waals surface area contributed by atoms with Gasteiger partial charge in [-0.25, -0.2) is 4.79 Å². The van der Waals surface area contributed by atoms with Crippen LogP contribution in [0.3, 0.4) is 0 Å². The first kappa shape index (κ1) is 19.4. The highest BCUT2D eigenvalue weighted by molar-refractivity contribution is 6.30. The van der Waals surface area contributed by atoms with Crippen LogP contribution in [0.15, 0.2) is 29.4 Å².